The molecule has 0 amide bonds. The average Bonchev–Trinajstić information content (AvgIpc) is 2.63. The van der Waals surface area contributed by atoms with Crippen molar-refractivity contribution in [3.8, 4) is 0 Å². The van der Waals surface area contributed by atoms with E-state index in [0.717, 1.165) is 19.4 Å². The lowest BCUT2D eigenvalue weighted by atomic mass is 9.94. The van der Waals surface area contributed by atoms with E-state index >= 15 is 0 Å². The van der Waals surface area contributed by atoms with E-state index in [1.165, 1.54) is 25.7 Å². The van der Waals surface area contributed by atoms with Crippen molar-refractivity contribution in [1.29, 1.82) is 0 Å². The highest BCUT2D eigenvalue weighted by Gasteiger charge is 2.31. The van der Waals surface area contributed by atoms with Crippen LogP contribution in [0.3, 0.4) is 0 Å². The van der Waals surface area contributed by atoms with Crippen molar-refractivity contribution in [1.82, 2.24) is 5.32 Å². The lowest BCUT2D eigenvalue weighted by molar-refractivity contribution is 0.0252. The van der Waals surface area contributed by atoms with Gasteiger partial charge in [-0.3, -0.25) is 0 Å². The van der Waals surface area contributed by atoms with Gasteiger partial charge in [0.25, 0.3) is 0 Å². The van der Waals surface area contributed by atoms with Crippen LogP contribution in [0.25, 0.3) is 0 Å². The fraction of sp³-hybridized carbons (Fsp3) is 1.00. The highest BCUT2D eigenvalue weighted by molar-refractivity contribution is 4.91. The smallest absolute Gasteiger partial charge is 0.0766 e. The van der Waals surface area contributed by atoms with Crippen molar-refractivity contribution < 1.29 is 5.11 Å². The Bertz CT molecular complexity index is 165. The van der Waals surface area contributed by atoms with Crippen molar-refractivity contribution >= 4 is 0 Å². The molecule has 0 aromatic rings. The SMILES string of the molecule is CCC(O)(CC)CNC1(C)CCCC1. The second-order valence-electron chi connectivity index (χ2n) is 5.05. The molecule has 0 aromatic carbocycles. The van der Waals surface area contributed by atoms with Crippen LogP contribution in [-0.2, 0) is 0 Å². The lowest BCUT2D eigenvalue weighted by Gasteiger charge is -2.32. The van der Waals surface area contributed by atoms with Gasteiger partial charge in [-0.05, 0) is 32.6 Å². The van der Waals surface area contributed by atoms with Crippen molar-refractivity contribution in [3.05, 3.63) is 0 Å². The van der Waals surface area contributed by atoms with Crippen LogP contribution in [-0.4, -0.2) is 22.8 Å². The van der Waals surface area contributed by atoms with E-state index in [0.29, 0.717) is 5.54 Å². The molecule has 0 unspecified atom stereocenters. The van der Waals surface area contributed by atoms with Gasteiger partial charge < -0.3 is 10.4 Å². The summed E-state index contributed by atoms with van der Waals surface area (Å²) < 4.78 is 0. The van der Waals surface area contributed by atoms with E-state index < -0.39 is 5.60 Å². The number of aliphatic hydroxyl groups is 1. The average molecular weight is 199 g/mol. The molecule has 2 N–H and O–H groups in total. The summed E-state index contributed by atoms with van der Waals surface area (Å²) in [4.78, 5) is 0. The molecule has 2 nitrogen and oxygen atoms in total. The van der Waals surface area contributed by atoms with Gasteiger partial charge in [-0.25, -0.2) is 0 Å². The molecule has 1 rings (SSSR count). The fourth-order valence-corrected chi connectivity index (χ4v) is 2.21. The maximum absolute atomic E-state index is 10.1. The van der Waals surface area contributed by atoms with E-state index in [2.05, 4.69) is 26.1 Å². The van der Waals surface area contributed by atoms with Crippen LogP contribution in [0, 0.1) is 0 Å². The Balaban J connectivity index is 2.38. The molecule has 0 saturated heterocycles. The number of rotatable bonds is 5. The zero-order valence-electron chi connectivity index (χ0n) is 9.90. The van der Waals surface area contributed by atoms with E-state index in [1.54, 1.807) is 0 Å². The first kappa shape index (κ1) is 12.0. The minimum absolute atomic E-state index is 0.290. The highest BCUT2D eigenvalue weighted by Crippen LogP contribution is 2.29. The molecule has 0 radical (unpaired) electrons. The normalized spacial score (nSPS) is 21.4. The Labute approximate surface area is 88.1 Å². The predicted molar refractivity (Wildman–Crippen MR) is 60.4 cm³/mol. The molecule has 0 spiro atoms. The Morgan fingerprint density at radius 2 is 1.71 bits per heavy atom. The highest BCUT2D eigenvalue weighted by atomic mass is 16.3. The van der Waals surface area contributed by atoms with Crippen molar-refractivity contribution in [3.63, 3.8) is 0 Å². The fourth-order valence-electron chi connectivity index (χ4n) is 2.21. The zero-order valence-corrected chi connectivity index (χ0v) is 9.90. The molecule has 0 aromatic heterocycles. The van der Waals surface area contributed by atoms with Crippen LogP contribution in [0.4, 0.5) is 0 Å². The molecule has 1 aliphatic carbocycles. The van der Waals surface area contributed by atoms with Crippen LogP contribution in [0.5, 0.6) is 0 Å². The summed E-state index contributed by atoms with van der Waals surface area (Å²) in [6.07, 6.45) is 6.87. The topological polar surface area (TPSA) is 32.3 Å². The van der Waals surface area contributed by atoms with Crippen LogP contribution >= 0.6 is 0 Å². The first-order valence-electron chi connectivity index (χ1n) is 6.01. The molecule has 0 bridgehead atoms. The molecular formula is C12H25NO. The van der Waals surface area contributed by atoms with E-state index in [4.69, 9.17) is 0 Å². The summed E-state index contributed by atoms with van der Waals surface area (Å²) >= 11 is 0. The molecule has 2 heteroatoms. The third-order valence-electron chi connectivity index (χ3n) is 3.87. The second kappa shape index (κ2) is 4.63. The van der Waals surface area contributed by atoms with Gasteiger partial charge in [0.1, 0.15) is 0 Å². The molecular weight excluding hydrogens is 174 g/mol. The van der Waals surface area contributed by atoms with Gasteiger partial charge in [-0.2, -0.15) is 0 Å². The predicted octanol–water partition coefficient (Wildman–Crippen LogP) is 2.46. The van der Waals surface area contributed by atoms with Gasteiger partial charge in [-0.1, -0.05) is 26.7 Å². The zero-order chi connectivity index (χ0) is 10.7. The van der Waals surface area contributed by atoms with Gasteiger partial charge in [-0.15, -0.1) is 0 Å². The largest absolute Gasteiger partial charge is 0.389 e. The third-order valence-corrected chi connectivity index (χ3v) is 3.87. The van der Waals surface area contributed by atoms with E-state index in [9.17, 15) is 5.11 Å². The molecule has 84 valence electrons. The Morgan fingerprint density at radius 3 is 2.14 bits per heavy atom. The summed E-state index contributed by atoms with van der Waals surface area (Å²) in [5.41, 5.74) is -0.204. The third kappa shape index (κ3) is 2.96. The van der Waals surface area contributed by atoms with Crippen molar-refractivity contribution in [2.24, 2.45) is 0 Å². The van der Waals surface area contributed by atoms with Crippen LogP contribution in [0.15, 0.2) is 0 Å². The van der Waals surface area contributed by atoms with E-state index in [1.807, 2.05) is 0 Å². The molecule has 1 saturated carbocycles. The molecule has 0 aliphatic heterocycles. The first-order chi connectivity index (χ1) is 6.54. The standard InChI is InChI=1S/C12H25NO/c1-4-12(14,5-2)10-13-11(3)8-6-7-9-11/h13-14H,4-10H2,1-3H3. The van der Waals surface area contributed by atoms with Crippen molar-refractivity contribution in [2.45, 2.75) is 70.4 Å². The van der Waals surface area contributed by atoms with E-state index in [-0.39, 0.29) is 0 Å². The van der Waals surface area contributed by atoms with Gasteiger partial charge >= 0.3 is 0 Å². The summed E-state index contributed by atoms with van der Waals surface area (Å²) in [7, 11) is 0. The van der Waals surface area contributed by atoms with Gasteiger partial charge in [0.2, 0.25) is 0 Å². The Morgan fingerprint density at radius 1 is 1.21 bits per heavy atom. The van der Waals surface area contributed by atoms with Crippen LogP contribution in [0.2, 0.25) is 0 Å². The van der Waals surface area contributed by atoms with Gasteiger partial charge in [0.15, 0.2) is 0 Å². The second-order valence-corrected chi connectivity index (χ2v) is 5.05. The molecule has 1 fully saturated rings. The maximum Gasteiger partial charge on any atom is 0.0766 e. The van der Waals surface area contributed by atoms with Crippen LogP contribution in [0.1, 0.15) is 59.3 Å². The lowest BCUT2D eigenvalue weighted by Crippen LogP contribution is -2.48. The van der Waals surface area contributed by atoms with Crippen molar-refractivity contribution in [2.75, 3.05) is 6.54 Å². The summed E-state index contributed by atoms with van der Waals surface area (Å²) in [5.74, 6) is 0. The summed E-state index contributed by atoms with van der Waals surface area (Å²) in [5, 5.41) is 13.7. The summed E-state index contributed by atoms with van der Waals surface area (Å²) in [6, 6.07) is 0. The first-order valence-corrected chi connectivity index (χ1v) is 6.01. The minimum Gasteiger partial charge on any atom is -0.389 e. The molecule has 14 heavy (non-hydrogen) atoms. The van der Waals surface area contributed by atoms with Gasteiger partial charge in [0.05, 0.1) is 5.60 Å². The van der Waals surface area contributed by atoms with Gasteiger partial charge in [0, 0.05) is 12.1 Å². The molecule has 0 atom stereocenters. The summed E-state index contributed by atoms with van der Waals surface area (Å²) in [6.45, 7) is 7.15. The molecule has 1 aliphatic rings. The maximum atomic E-state index is 10.1. The number of hydrogen-bond acceptors (Lipinski definition) is 2. The Kier molecular flexibility index (Phi) is 3.96. The van der Waals surface area contributed by atoms with Crippen LogP contribution < -0.4 is 5.32 Å². The quantitative estimate of drug-likeness (QED) is 0.713. The monoisotopic (exact) mass is 199 g/mol. The number of nitrogens with one attached hydrogen (secondary N) is 1. The minimum atomic E-state index is -0.494. The Hall–Kier alpha value is -0.0800. The number of hydrogen-bond donors (Lipinski definition) is 2. The molecule has 0 heterocycles. The number of β-amino-alcohol motifs (C(OH)–C–C–N with tert-alkyl or cyclic N) is 1.